The van der Waals surface area contributed by atoms with E-state index in [1.54, 1.807) is 19.1 Å². The van der Waals surface area contributed by atoms with Gasteiger partial charge in [0, 0.05) is 0 Å². The van der Waals surface area contributed by atoms with Crippen molar-refractivity contribution < 1.29 is 13.9 Å². The highest BCUT2D eigenvalue weighted by Crippen LogP contribution is 2.26. The molecule has 2 aromatic rings. The standard InChI is InChI=1S/C19H22FNO2/c1-13(18(22)21-17-11-6-5-10-16(17)20)23-15-9-7-8-14(12-15)19(2,3)4/h5-13H,1-4H3,(H,21,22). The van der Waals surface area contributed by atoms with Gasteiger partial charge in [-0.05, 0) is 42.2 Å². The van der Waals surface area contributed by atoms with E-state index in [4.69, 9.17) is 4.74 Å². The first-order valence-electron chi connectivity index (χ1n) is 7.60. The molecule has 0 saturated carbocycles. The molecule has 0 bridgehead atoms. The number of amides is 1. The van der Waals surface area contributed by atoms with Gasteiger partial charge >= 0.3 is 0 Å². The molecule has 0 radical (unpaired) electrons. The Hall–Kier alpha value is -2.36. The van der Waals surface area contributed by atoms with Crippen LogP contribution in [-0.2, 0) is 10.2 Å². The molecule has 0 fully saturated rings. The number of anilines is 1. The van der Waals surface area contributed by atoms with Crippen molar-refractivity contribution in [3.63, 3.8) is 0 Å². The van der Waals surface area contributed by atoms with Gasteiger partial charge in [0.05, 0.1) is 5.69 Å². The number of hydrogen-bond donors (Lipinski definition) is 1. The van der Waals surface area contributed by atoms with Crippen molar-refractivity contribution in [2.75, 3.05) is 5.32 Å². The van der Waals surface area contributed by atoms with Crippen LogP contribution >= 0.6 is 0 Å². The fourth-order valence-electron chi connectivity index (χ4n) is 2.09. The number of rotatable bonds is 4. The summed E-state index contributed by atoms with van der Waals surface area (Å²) in [6, 6.07) is 13.7. The molecular weight excluding hydrogens is 293 g/mol. The van der Waals surface area contributed by atoms with Gasteiger partial charge in [-0.25, -0.2) is 4.39 Å². The molecule has 1 atom stereocenters. The topological polar surface area (TPSA) is 38.3 Å². The van der Waals surface area contributed by atoms with E-state index in [1.807, 2.05) is 24.3 Å². The minimum Gasteiger partial charge on any atom is -0.481 e. The minimum atomic E-state index is -0.732. The molecule has 2 aromatic carbocycles. The first kappa shape index (κ1) is 17.0. The monoisotopic (exact) mass is 315 g/mol. The Balaban J connectivity index is 2.05. The van der Waals surface area contributed by atoms with Gasteiger partial charge in [0.15, 0.2) is 6.10 Å². The van der Waals surface area contributed by atoms with Gasteiger partial charge in [-0.3, -0.25) is 4.79 Å². The molecule has 3 nitrogen and oxygen atoms in total. The average Bonchev–Trinajstić information content (AvgIpc) is 2.49. The Morgan fingerprint density at radius 3 is 2.48 bits per heavy atom. The lowest BCUT2D eigenvalue weighted by molar-refractivity contribution is -0.122. The van der Waals surface area contributed by atoms with Crippen LogP contribution in [0, 0.1) is 5.82 Å². The molecule has 0 aliphatic heterocycles. The number of carbonyl (C=O) groups excluding carboxylic acids is 1. The number of nitrogens with one attached hydrogen (secondary N) is 1. The first-order valence-corrected chi connectivity index (χ1v) is 7.60. The molecule has 0 aromatic heterocycles. The van der Waals surface area contributed by atoms with Crippen LogP contribution in [0.3, 0.4) is 0 Å². The minimum absolute atomic E-state index is 0.00195. The summed E-state index contributed by atoms with van der Waals surface area (Å²) in [6.45, 7) is 7.97. The lowest BCUT2D eigenvalue weighted by Crippen LogP contribution is -2.30. The normalized spacial score (nSPS) is 12.6. The maximum absolute atomic E-state index is 13.6. The second kappa shape index (κ2) is 6.82. The number of para-hydroxylation sites is 1. The van der Waals surface area contributed by atoms with E-state index in [-0.39, 0.29) is 11.1 Å². The fourth-order valence-corrected chi connectivity index (χ4v) is 2.09. The summed E-state index contributed by atoms with van der Waals surface area (Å²) in [4.78, 5) is 12.1. The Morgan fingerprint density at radius 2 is 1.83 bits per heavy atom. The molecule has 0 heterocycles. The third-order valence-corrected chi connectivity index (χ3v) is 3.51. The van der Waals surface area contributed by atoms with E-state index in [2.05, 4.69) is 26.1 Å². The number of hydrogen-bond acceptors (Lipinski definition) is 2. The van der Waals surface area contributed by atoms with Crippen molar-refractivity contribution in [3.05, 3.63) is 59.9 Å². The lowest BCUT2D eigenvalue weighted by Gasteiger charge is -2.21. The molecule has 0 saturated heterocycles. The molecule has 1 unspecified atom stereocenters. The first-order chi connectivity index (χ1) is 10.8. The van der Waals surface area contributed by atoms with Crippen molar-refractivity contribution in [2.45, 2.75) is 39.2 Å². The predicted octanol–water partition coefficient (Wildman–Crippen LogP) is 4.53. The summed E-state index contributed by atoms with van der Waals surface area (Å²) in [7, 11) is 0. The highest BCUT2D eigenvalue weighted by molar-refractivity contribution is 5.94. The van der Waals surface area contributed by atoms with Crippen LogP contribution in [0.1, 0.15) is 33.3 Å². The van der Waals surface area contributed by atoms with E-state index in [9.17, 15) is 9.18 Å². The van der Waals surface area contributed by atoms with E-state index in [0.29, 0.717) is 5.75 Å². The number of ether oxygens (including phenoxy) is 1. The Bertz CT molecular complexity index is 692. The third kappa shape index (κ3) is 4.55. The molecule has 23 heavy (non-hydrogen) atoms. The summed E-state index contributed by atoms with van der Waals surface area (Å²) in [5, 5.41) is 2.54. The van der Waals surface area contributed by atoms with Gasteiger partial charge in [-0.2, -0.15) is 0 Å². The summed E-state index contributed by atoms with van der Waals surface area (Å²) in [5.41, 5.74) is 1.27. The lowest BCUT2D eigenvalue weighted by atomic mass is 9.87. The zero-order valence-electron chi connectivity index (χ0n) is 13.9. The van der Waals surface area contributed by atoms with Gasteiger partial charge in [-0.1, -0.05) is 45.0 Å². The van der Waals surface area contributed by atoms with E-state index < -0.39 is 17.8 Å². The second-order valence-electron chi connectivity index (χ2n) is 6.51. The number of halogens is 1. The smallest absolute Gasteiger partial charge is 0.265 e. The Kier molecular flexibility index (Phi) is 5.04. The molecule has 0 spiro atoms. The molecule has 1 N–H and O–H groups in total. The fraction of sp³-hybridized carbons (Fsp3) is 0.316. The van der Waals surface area contributed by atoms with Gasteiger partial charge < -0.3 is 10.1 Å². The largest absolute Gasteiger partial charge is 0.481 e. The Labute approximate surface area is 136 Å². The summed E-state index contributed by atoms with van der Waals surface area (Å²) < 4.78 is 19.3. The van der Waals surface area contributed by atoms with Crippen LogP contribution in [-0.4, -0.2) is 12.0 Å². The SMILES string of the molecule is CC(Oc1cccc(C(C)(C)C)c1)C(=O)Nc1ccccc1F. The van der Waals surface area contributed by atoms with Gasteiger partial charge in [0.2, 0.25) is 0 Å². The molecule has 0 aliphatic rings. The maximum atomic E-state index is 13.6. The van der Waals surface area contributed by atoms with Crippen LogP contribution < -0.4 is 10.1 Å². The van der Waals surface area contributed by atoms with Crippen molar-refractivity contribution >= 4 is 11.6 Å². The molecule has 4 heteroatoms. The van der Waals surface area contributed by atoms with Crippen LogP contribution in [0.2, 0.25) is 0 Å². The molecule has 2 rings (SSSR count). The Morgan fingerprint density at radius 1 is 1.13 bits per heavy atom. The van der Waals surface area contributed by atoms with E-state index in [1.165, 1.54) is 12.1 Å². The van der Waals surface area contributed by atoms with Crippen molar-refractivity contribution in [1.29, 1.82) is 0 Å². The van der Waals surface area contributed by atoms with E-state index in [0.717, 1.165) is 5.56 Å². The van der Waals surface area contributed by atoms with E-state index >= 15 is 0 Å². The van der Waals surface area contributed by atoms with Crippen molar-refractivity contribution in [1.82, 2.24) is 0 Å². The van der Waals surface area contributed by atoms with Gasteiger partial charge in [0.25, 0.3) is 5.91 Å². The number of carbonyl (C=O) groups is 1. The molecule has 0 aliphatic carbocycles. The quantitative estimate of drug-likeness (QED) is 0.900. The maximum Gasteiger partial charge on any atom is 0.265 e. The highest BCUT2D eigenvalue weighted by Gasteiger charge is 2.18. The van der Waals surface area contributed by atoms with Crippen LogP contribution in [0.4, 0.5) is 10.1 Å². The van der Waals surface area contributed by atoms with Crippen LogP contribution in [0.15, 0.2) is 48.5 Å². The zero-order chi connectivity index (χ0) is 17.0. The predicted molar refractivity (Wildman–Crippen MR) is 90.3 cm³/mol. The summed E-state index contributed by atoms with van der Waals surface area (Å²) in [5.74, 6) is -0.243. The zero-order valence-corrected chi connectivity index (χ0v) is 13.9. The summed E-state index contributed by atoms with van der Waals surface area (Å²) in [6.07, 6.45) is -0.732. The molecule has 1 amide bonds. The molecule has 122 valence electrons. The number of benzene rings is 2. The van der Waals surface area contributed by atoms with Crippen molar-refractivity contribution in [3.8, 4) is 5.75 Å². The highest BCUT2D eigenvalue weighted by atomic mass is 19.1. The third-order valence-electron chi connectivity index (χ3n) is 3.51. The summed E-state index contributed by atoms with van der Waals surface area (Å²) >= 11 is 0. The average molecular weight is 315 g/mol. The van der Waals surface area contributed by atoms with Crippen LogP contribution in [0.5, 0.6) is 5.75 Å². The second-order valence-corrected chi connectivity index (χ2v) is 6.51. The van der Waals surface area contributed by atoms with Gasteiger partial charge in [-0.15, -0.1) is 0 Å². The van der Waals surface area contributed by atoms with Crippen molar-refractivity contribution in [2.24, 2.45) is 0 Å². The van der Waals surface area contributed by atoms with Gasteiger partial charge in [0.1, 0.15) is 11.6 Å². The van der Waals surface area contributed by atoms with Crippen LogP contribution in [0.25, 0.3) is 0 Å². The molecular formula is C19H22FNO2.